The highest BCUT2D eigenvalue weighted by atomic mass is 16.5. The second-order valence-electron chi connectivity index (χ2n) is 5.30. The van der Waals surface area contributed by atoms with Gasteiger partial charge in [-0.25, -0.2) is 5.43 Å². The quantitative estimate of drug-likeness (QED) is 0.676. The van der Waals surface area contributed by atoms with E-state index in [9.17, 15) is 4.79 Å². The van der Waals surface area contributed by atoms with Gasteiger partial charge in [0.2, 0.25) is 0 Å². The molecule has 2 heterocycles. The largest absolute Gasteiger partial charge is 0.463 e. The van der Waals surface area contributed by atoms with Crippen molar-refractivity contribution in [3.05, 3.63) is 59.5 Å². The average molecular weight is 313 g/mol. The first kappa shape index (κ1) is 15.5. The van der Waals surface area contributed by atoms with Crippen LogP contribution in [0, 0.1) is 0 Å². The van der Waals surface area contributed by atoms with Crippen molar-refractivity contribution in [2.24, 2.45) is 5.10 Å². The van der Waals surface area contributed by atoms with E-state index in [0.29, 0.717) is 11.3 Å². The molecule has 1 aliphatic rings. The third-order valence-electron chi connectivity index (χ3n) is 3.63. The van der Waals surface area contributed by atoms with Gasteiger partial charge in [-0.1, -0.05) is 12.1 Å². The van der Waals surface area contributed by atoms with Crippen LogP contribution in [0.4, 0.5) is 0 Å². The molecule has 0 unspecified atom stereocenters. The summed E-state index contributed by atoms with van der Waals surface area (Å²) < 4.78 is 10.4. The van der Waals surface area contributed by atoms with Crippen molar-refractivity contribution < 1.29 is 13.9 Å². The van der Waals surface area contributed by atoms with E-state index in [-0.39, 0.29) is 5.91 Å². The number of morpholine rings is 1. The molecule has 1 aromatic heterocycles. The first-order valence-corrected chi connectivity index (χ1v) is 7.57. The Morgan fingerprint density at radius 1 is 1.22 bits per heavy atom. The Bertz CT molecular complexity index is 644. The van der Waals surface area contributed by atoms with Gasteiger partial charge >= 0.3 is 0 Å². The topological polar surface area (TPSA) is 67.1 Å². The maximum Gasteiger partial charge on any atom is 0.271 e. The molecule has 0 saturated carbocycles. The van der Waals surface area contributed by atoms with Crippen LogP contribution >= 0.6 is 0 Å². The third-order valence-corrected chi connectivity index (χ3v) is 3.63. The van der Waals surface area contributed by atoms with Crippen LogP contribution < -0.4 is 5.43 Å². The summed E-state index contributed by atoms with van der Waals surface area (Å²) >= 11 is 0. The normalized spacial score (nSPS) is 15.8. The van der Waals surface area contributed by atoms with E-state index in [1.165, 1.54) is 11.8 Å². The number of hydrazone groups is 1. The van der Waals surface area contributed by atoms with Crippen molar-refractivity contribution in [1.82, 2.24) is 10.3 Å². The second-order valence-corrected chi connectivity index (χ2v) is 5.30. The molecule has 0 spiro atoms. The predicted molar refractivity (Wildman–Crippen MR) is 86.3 cm³/mol. The van der Waals surface area contributed by atoms with Gasteiger partial charge < -0.3 is 9.15 Å². The maximum atomic E-state index is 12.0. The average Bonchev–Trinajstić information content (AvgIpc) is 3.10. The number of amides is 1. The van der Waals surface area contributed by atoms with Crippen molar-refractivity contribution >= 4 is 12.1 Å². The maximum absolute atomic E-state index is 12.0. The number of carbonyl (C=O) groups is 1. The monoisotopic (exact) mass is 313 g/mol. The number of nitrogens with one attached hydrogen (secondary N) is 1. The molecule has 6 heteroatoms. The molecule has 0 radical (unpaired) electrons. The van der Waals surface area contributed by atoms with Gasteiger partial charge in [-0.05, 0) is 29.8 Å². The van der Waals surface area contributed by atoms with Gasteiger partial charge in [0, 0.05) is 25.2 Å². The minimum absolute atomic E-state index is 0.245. The molecule has 0 bridgehead atoms. The van der Waals surface area contributed by atoms with Crippen LogP contribution in [-0.2, 0) is 11.3 Å². The minimum Gasteiger partial charge on any atom is -0.463 e. The van der Waals surface area contributed by atoms with Crippen LogP contribution in [0.1, 0.15) is 21.7 Å². The number of rotatable bonds is 5. The lowest BCUT2D eigenvalue weighted by atomic mass is 10.1. The number of nitrogens with zero attached hydrogens (tertiary/aromatic N) is 2. The highest BCUT2D eigenvalue weighted by molar-refractivity contribution is 5.94. The van der Waals surface area contributed by atoms with Gasteiger partial charge in [0.25, 0.3) is 5.91 Å². The Morgan fingerprint density at radius 3 is 2.70 bits per heavy atom. The first-order chi connectivity index (χ1) is 11.3. The molecule has 2 aromatic rings. The highest BCUT2D eigenvalue weighted by Crippen LogP contribution is 2.09. The Kier molecular flexibility index (Phi) is 5.18. The van der Waals surface area contributed by atoms with Crippen molar-refractivity contribution in [2.45, 2.75) is 6.54 Å². The number of hydrogen-bond donors (Lipinski definition) is 1. The summed E-state index contributed by atoms with van der Waals surface area (Å²) in [5.74, 6) is 0.344. The molecule has 1 saturated heterocycles. The molecule has 1 aromatic carbocycles. The molecule has 1 fully saturated rings. The van der Waals surface area contributed by atoms with Gasteiger partial charge in [0.15, 0.2) is 0 Å². The Hall–Kier alpha value is -2.44. The van der Waals surface area contributed by atoms with E-state index >= 15 is 0 Å². The summed E-state index contributed by atoms with van der Waals surface area (Å²) in [7, 11) is 0. The zero-order valence-corrected chi connectivity index (χ0v) is 12.8. The predicted octanol–water partition coefficient (Wildman–Crippen LogP) is 1.88. The number of carbonyl (C=O) groups excluding carboxylic acids is 1. The zero-order valence-electron chi connectivity index (χ0n) is 12.8. The summed E-state index contributed by atoms with van der Waals surface area (Å²) in [6, 6.07) is 11.1. The minimum atomic E-state index is -0.245. The van der Waals surface area contributed by atoms with Gasteiger partial charge in [0.05, 0.1) is 25.7 Å². The molecule has 0 atom stereocenters. The van der Waals surface area contributed by atoms with Crippen LogP contribution in [-0.4, -0.2) is 43.3 Å². The standard InChI is InChI=1S/C17H19N3O3/c21-17(19-18-12-16-2-1-9-23-16)15-5-3-14(4-6-15)13-20-7-10-22-11-8-20/h1-6,9,12H,7-8,10-11,13H2,(H,19,21)/b18-12-. The lowest BCUT2D eigenvalue weighted by Crippen LogP contribution is -2.35. The lowest BCUT2D eigenvalue weighted by molar-refractivity contribution is 0.0342. The lowest BCUT2D eigenvalue weighted by Gasteiger charge is -2.26. The summed E-state index contributed by atoms with van der Waals surface area (Å²) in [5, 5.41) is 3.87. The molecule has 6 nitrogen and oxygen atoms in total. The zero-order chi connectivity index (χ0) is 15.9. The van der Waals surface area contributed by atoms with Crippen molar-refractivity contribution in [3.8, 4) is 0 Å². The molecule has 1 N–H and O–H groups in total. The van der Waals surface area contributed by atoms with Crippen LogP contribution in [0.5, 0.6) is 0 Å². The van der Waals surface area contributed by atoms with Crippen LogP contribution in [0.15, 0.2) is 52.2 Å². The molecule has 3 rings (SSSR count). The van der Waals surface area contributed by atoms with Crippen molar-refractivity contribution in [1.29, 1.82) is 0 Å². The summed E-state index contributed by atoms with van der Waals surface area (Å²) in [6.07, 6.45) is 3.01. The smallest absolute Gasteiger partial charge is 0.271 e. The fourth-order valence-electron chi connectivity index (χ4n) is 2.36. The van der Waals surface area contributed by atoms with E-state index in [4.69, 9.17) is 9.15 Å². The Morgan fingerprint density at radius 2 is 2.00 bits per heavy atom. The second kappa shape index (κ2) is 7.71. The van der Waals surface area contributed by atoms with Crippen LogP contribution in [0.25, 0.3) is 0 Å². The number of ether oxygens (including phenoxy) is 1. The number of hydrogen-bond acceptors (Lipinski definition) is 5. The van der Waals surface area contributed by atoms with Crippen LogP contribution in [0.2, 0.25) is 0 Å². The summed E-state index contributed by atoms with van der Waals surface area (Å²) in [5.41, 5.74) is 4.24. The summed E-state index contributed by atoms with van der Waals surface area (Å²) in [4.78, 5) is 14.3. The first-order valence-electron chi connectivity index (χ1n) is 7.57. The highest BCUT2D eigenvalue weighted by Gasteiger charge is 2.11. The molecule has 1 amide bonds. The van der Waals surface area contributed by atoms with Gasteiger partial charge in [-0.2, -0.15) is 5.10 Å². The molecule has 120 valence electrons. The number of benzene rings is 1. The third kappa shape index (κ3) is 4.51. The summed E-state index contributed by atoms with van der Waals surface area (Å²) in [6.45, 7) is 4.34. The van der Waals surface area contributed by atoms with Crippen molar-refractivity contribution in [2.75, 3.05) is 26.3 Å². The SMILES string of the molecule is O=C(N/N=C\c1ccco1)c1ccc(CN2CCOCC2)cc1. The molecule has 0 aliphatic carbocycles. The molecular formula is C17H19N3O3. The van der Waals surface area contributed by atoms with E-state index in [2.05, 4.69) is 15.4 Å². The number of furan rings is 1. The van der Waals surface area contributed by atoms with E-state index in [1.54, 1.807) is 18.4 Å². The Balaban J connectivity index is 1.52. The van der Waals surface area contributed by atoms with E-state index in [1.807, 2.05) is 24.3 Å². The molecule has 23 heavy (non-hydrogen) atoms. The fraction of sp³-hybridized carbons (Fsp3) is 0.294. The Labute approximate surface area is 134 Å². The van der Waals surface area contributed by atoms with Gasteiger partial charge in [-0.3, -0.25) is 9.69 Å². The molecular weight excluding hydrogens is 294 g/mol. The van der Waals surface area contributed by atoms with E-state index < -0.39 is 0 Å². The van der Waals surface area contributed by atoms with Gasteiger partial charge in [0.1, 0.15) is 5.76 Å². The van der Waals surface area contributed by atoms with Crippen LogP contribution in [0.3, 0.4) is 0 Å². The van der Waals surface area contributed by atoms with Gasteiger partial charge in [-0.15, -0.1) is 0 Å². The van der Waals surface area contributed by atoms with E-state index in [0.717, 1.165) is 32.8 Å². The molecule has 1 aliphatic heterocycles. The fourth-order valence-corrected chi connectivity index (χ4v) is 2.36. The van der Waals surface area contributed by atoms with Crippen molar-refractivity contribution in [3.63, 3.8) is 0 Å².